The molecular formula is C13H21NO3S. The van der Waals surface area contributed by atoms with Gasteiger partial charge in [-0.05, 0) is 25.5 Å². The van der Waals surface area contributed by atoms with E-state index in [9.17, 15) is 13.5 Å². The minimum absolute atomic E-state index is 0.0516. The highest BCUT2D eigenvalue weighted by Crippen LogP contribution is 2.26. The average Bonchev–Trinajstić information content (AvgIpc) is 2.39. The van der Waals surface area contributed by atoms with Crippen LogP contribution in [0.3, 0.4) is 0 Å². The molecule has 1 aromatic carbocycles. The molecule has 0 heterocycles. The molecule has 0 aromatic heterocycles. The van der Waals surface area contributed by atoms with Crippen LogP contribution in [0.2, 0.25) is 0 Å². The quantitative estimate of drug-likeness (QED) is 0.831. The van der Waals surface area contributed by atoms with E-state index in [-0.39, 0.29) is 12.4 Å². The van der Waals surface area contributed by atoms with Crippen LogP contribution >= 0.6 is 0 Å². The lowest BCUT2D eigenvalue weighted by molar-refractivity contribution is 0.218. The lowest BCUT2D eigenvalue weighted by atomic mass is 10.00. The number of nitrogens with one attached hydrogen (secondary N) is 1. The standard InChI is InChI=1S/C13H21NO3S/c1-4-13(3,10-15)14-11-8-6-7-9-12(11)18(16,17)5-2/h6-9,14-15H,4-5,10H2,1-3H3. The van der Waals surface area contributed by atoms with Crippen LogP contribution in [-0.4, -0.2) is 31.4 Å². The lowest BCUT2D eigenvalue weighted by Crippen LogP contribution is -2.38. The Balaban J connectivity index is 3.19. The Bertz CT molecular complexity index is 493. The predicted octanol–water partition coefficient (Wildman–Crippen LogP) is 2.05. The zero-order chi connectivity index (χ0) is 13.8. The van der Waals surface area contributed by atoms with Gasteiger partial charge in [0.2, 0.25) is 0 Å². The van der Waals surface area contributed by atoms with Gasteiger partial charge in [-0.1, -0.05) is 26.0 Å². The van der Waals surface area contributed by atoms with E-state index in [4.69, 9.17) is 0 Å². The molecule has 0 bridgehead atoms. The summed E-state index contributed by atoms with van der Waals surface area (Å²) in [7, 11) is -3.26. The number of rotatable bonds is 6. The molecule has 1 atom stereocenters. The zero-order valence-electron chi connectivity index (χ0n) is 11.1. The lowest BCUT2D eigenvalue weighted by Gasteiger charge is -2.29. The van der Waals surface area contributed by atoms with Gasteiger partial charge in [0.25, 0.3) is 0 Å². The van der Waals surface area contributed by atoms with Crippen molar-refractivity contribution in [2.24, 2.45) is 0 Å². The second-order valence-electron chi connectivity index (χ2n) is 4.60. The van der Waals surface area contributed by atoms with E-state index in [1.807, 2.05) is 13.8 Å². The smallest absolute Gasteiger partial charge is 0.180 e. The van der Waals surface area contributed by atoms with Crippen LogP contribution in [-0.2, 0) is 9.84 Å². The number of sulfone groups is 1. The summed E-state index contributed by atoms with van der Waals surface area (Å²) in [5.41, 5.74) is 0.0390. The Morgan fingerprint density at radius 2 is 1.89 bits per heavy atom. The van der Waals surface area contributed by atoms with Crippen LogP contribution in [0, 0.1) is 0 Å². The van der Waals surface area contributed by atoms with Crippen molar-refractivity contribution in [1.29, 1.82) is 0 Å². The van der Waals surface area contributed by atoms with Crippen molar-refractivity contribution in [3.8, 4) is 0 Å². The monoisotopic (exact) mass is 271 g/mol. The third-order valence-corrected chi connectivity index (χ3v) is 4.95. The summed E-state index contributed by atoms with van der Waals surface area (Å²) in [4.78, 5) is 0.292. The van der Waals surface area contributed by atoms with Gasteiger partial charge in [-0.25, -0.2) is 8.42 Å². The second-order valence-corrected chi connectivity index (χ2v) is 6.84. The van der Waals surface area contributed by atoms with E-state index in [0.29, 0.717) is 17.0 Å². The molecule has 1 rings (SSSR count). The fourth-order valence-electron chi connectivity index (χ4n) is 1.56. The van der Waals surface area contributed by atoms with E-state index in [2.05, 4.69) is 5.32 Å². The van der Waals surface area contributed by atoms with Gasteiger partial charge in [0.05, 0.1) is 28.5 Å². The summed E-state index contributed by atoms with van der Waals surface area (Å²) >= 11 is 0. The topological polar surface area (TPSA) is 66.4 Å². The highest BCUT2D eigenvalue weighted by Gasteiger charge is 2.24. The van der Waals surface area contributed by atoms with Crippen molar-refractivity contribution >= 4 is 15.5 Å². The first-order valence-electron chi connectivity index (χ1n) is 6.09. The minimum atomic E-state index is -3.26. The summed E-state index contributed by atoms with van der Waals surface area (Å²) in [6, 6.07) is 6.81. The van der Waals surface area contributed by atoms with Crippen molar-refractivity contribution in [1.82, 2.24) is 0 Å². The van der Waals surface area contributed by atoms with Crippen molar-refractivity contribution in [3.63, 3.8) is 0 Å². The average molecular weight is 271 g/mol. The van der Waals surface area contributed by atoms with Gasteiger partial charge in [-0.3, -0.25) is 0 Å². The van der Waals surface area contributed by atoms with Gasteiger partial charge in [0, 0.05) is 0 Å². The fourth-order valence-corrected chi connectivity index (χ4v) is 2.61. The fraction of sp³-hybridized carbons (Fsp3) is 0.538. The molecule has 0 radical (unpaired) electrons. The molecule has 18 heavy (non-hydrogen) atoms. The first kappa shape index (κ1) is 15.0. The summed E-state index contributed by atoms with van der Waals surface area (Å²) in [6.07, 6.45) is 0.698. The van der Waals surface area contributed by atoms with Crippen molar-refractivity contribution in [2.75, 3.05) is 17.7 Å². The van der Waals surface area contributed by atoms with Gasteiger partial charge in [0.1, 0.15) is 0 Å². The molecule has 0 aliphatic heterocycles. The SMILES string of the molecule is CCC(C)(CO)Nc1ccccc1S(=O)(=O)CC. The van der Waals surface area contributed by atoms with Crippen LogP contribution in [0.25, 0.3) is 0 Å². The van der Waals surface area contributed by atoms with Gasteiger partial charge in [-0.15, -0.1) is 0 Å². The van der Waals surface area contributed by atoms with Gasteiger partial charge in [-0.2, -0.15) is 0 Å². The molecule has 2 N–H and O–H groups in total. The van der Waals surface area contributed by atoms with E-state index in [0.717, 1.165) is 0 Å². The Hall–Kier alpha value is -1.07. The number of aliphatic hydroxyl groups excluding tert-OH is 1. The van der Waals surface area contributed by atoms with Gasteiger partial charge < -0.3 is 10.4 Å². The van der Waals surface area contributed by atoms with Gasteiger partial charge >= 0.3 is 0 Å². The largest absolute Gasteiger partial charge is 0.394 e. The molecule has 0 fully saturated rings. The molecule has 0 saturated heterocycles. The van der Waals surface area contributed by atoms with Crippen LogP contribution < -0.4 is 5.32 Å². The molecule has 5 heteroatoms. The maximum Gasteiger partial charge on any atom is 0.180 e. The predicted molar refractivity (Wildman–Crippen MR) is 73.6 cm³/mol. The van der Waals surface area contributed by atoms with Crippen LogP contribution in [0.5, 0.6) is 0 Å². The minimum Gasteiger partial charge on any atom is -0.394 e. The first-order valence-corrected chi connectivity index (χ1v) is 7.74. The zero-order valence-corrected chi connectivity index (χ0v) is 11.9. The summed E-state index contributed by atoms with van der Waals surface area (Å²) in [5.74, 6) is 0.0632. The normalized spacial score (nSPS) is 15.1. The number of hydrogen-bond donors (Lipinski definition) is 2. The third kappa shape index (κ3) is 3.23. The highest BCUT2D eigenvalue weighted by molar-refractivity contribution is 7.91. The summed E-state index contributed by atoms with van der Waals surface area (Å²) in [5, 5.41) is 12.5. The van der Waals surface area contributed by atoms with Crippen LogP contribution in [0.1, 0.15) is 27.2 Å². The summed E-state index contributed by atoms with van der Waals surface area (Å²) in [6.45, 7) is 5.38. The highest BCUT2D eigenvalue weighted by atomic mass is 32.2. The van der Waals surface area contributed by atoms with E-state index in [1.165, 1.54) is 0 Å². The first-order chi connectivity index (χ1) is 8.38. The molecule has 4 nitrogen and oxygen atoms in total. The van der Waals surface area contributed by atoms with E-state index < -0.39 is 15.4 Å². The number of para-hydroxylation sites is 1. The Morgan fingerprint density at radius 1 is 1.28 bits per heavy atom. The Morgan fingerprint density at radius 3 is 2.39 bits per heavy atom. The molecule has 1 unspecified atom stereocenters. The van der Waals surface area contributed by atoms with Crippen LogP contribution in [0.15, 0.2) is 29.2 Å². The van der Waals surface area contributed by atoms with Crippen molar-refractivity contribution in [3.05, 3.63) is 24.3 Å². The Labute approximate surface area is 109 Å². The molecular weight excluding hydrogens is 250 g/mol. The number of aliphatic hydroxyl groups is 1. The molecule has 1 aromatic rings. The molecule has 0 aliphatic rings. The van der Waals surface area contributed by atoms with E-state index in [1.54, 1.807) is 31.2 Å². The van der Waals surface area contributed by atoms with E-state index >= 15 is 0 Å². The molecule has 0 aliphatic carbocycles. The van der Waals surface area contributed by atoms with Gasteiger partial charge in [0.15, 0.2) is 9.84 Å². The van der Waals surface area contributed by atoms with Crippen molar-refractivity contribution in [2.45, 2.75) is 37.6 Å². The number of hydrogen-bond acceptors (Lipinski definition) is 4. The second kappa shape index (κ2) is 5.71. The maximum absolute atomic E-state index is 12.0. The number of anilines is 1. The summed E-state index contributed by atoms with van der Waals surface area (Å²) < 4.78 is 24.0. The Kier molecular flexibility index (Phi) is 4.76. The third-order valence-electron chi connectivity index (χ3n) is 3.17. The maximum atomic E-state index is 12.0. The van der Waals surface area contributed by atoms with Crippen LogP contribution in [0.4, 0.5) is 5.69 Å². The number of benzene rings is 1. The molecule has 102 valence electrons. The molecule has 0 amide bonds. The van der Waals surface area contributed by atoms with Crippen molar-refractivity contribution < 1.29 is 13.5 Å². The molecule has 0 saturated carbocycles. The molecule has 0 spiro atoms.